The standard InChI is InChI=1S/C34H36O6/c35-25-32(38,22-27-15-7-2-8-16-27)34(40,24-29-19-11-4-12-20-29)33(39,23-28-17-9-3-10-18-28)31(37)30(36)21-26-13-5-1-6-14-26/h1-20,25,30-31,36-40H,21-24H2/t30?,31-,32-,33-,34-/m1/s1. The van der Waals surface area contributed by atoms with Gasteiger partial charge >= 0.3 is 0 Å². The van der Waals surface area contributed by atoms with E-state index < -0.39 is 29.0 Å². The van der Waals surface area contributed by atoms with Gasteiger partial charge in [-0.1, -0.05) is 121 Å². The average molecular weight is 541 g/mol. The zero-order chi connectivity index (χ0) is 28.6. The predicted octanol–water partition coefficient (Wildman–Crippen LogP) is 3.07. The summed E-state index contributed by atoms with van der Waals surface area (Å²) >= 11 is 0. The summed E-state index contributed by atoms with van der Waals surface area (Å²) in [6, 6.07) is 35.0. The fraction of sp³-hybridized carbons (Fsp3) is 0.265. The molecule has 0 saturated heterocycles. The second-order valence-corrected chi connectivity index (χ2v) is 10.5. The molecule has 5 atom stereocenters. The lowest BCUT2D eigenvalue weighted by Gasteiger charge is -2.53. The molecule has 0 radical (unpaired) electrons. The predicted molar refractivity (Wildman–Crippen MR) is 154 cm³/mol. The molecule has 4 rings (SSSR count). The maximum absolute atomic E-state index is 12.8. The molecule has 0 aliphatic heterocycles. The Hall–Kier alpha value is -3.65. The van der Waals surface area contributed by atoms with E-state index in [0.717, 1.165) is 0 Å². The molecule has 0 fully saturated rings. The number of hydrogen-bond donors (Lipinski definition) is 5. The van der Waals surface area contributed by atoms with Crippen LogP contribution in [0.3, 0.4) is 0 Å². The number of rotatable bonds is 13. The van der Waals surface area contributed by atoms with Gasteiger partial charge in [-0.3, -0.25) is 0 Å². The molecule has 0 saturated carbocycles. The van der Waals surface area contributed by atoms with E-state index in [0.29, 0.717) is 22.3 Å². The molecule has 40 heavy (non-hydrogen) atoms. The zero-order valence-corrected chi connectivity index (χ0v) is 22.3. The van der Waals surface area contributed by atoms with Crippen LogP contribution in [0.25, 0.3) is 0 Å². The van der Waals surface area contributed by atoms with E-state index >= 15 is 0 Å². The number of carbonyl (C=O) groups is 1. The summed E-state index contributed by atoms with van der Waals surface area (Å²) in [7, 11) is 0. The largest absolute Gasteiger partial charge is 0.390 e. The molecule has 4 aromatic rings. The molecule has 0 aromatic heterocycles. The van der Waals surface area contributed by atoms with Crippen LogP contribution >= 0.6 is 0 Å². The molecular weight excluding hydrogens is 504 g/mol. The summed E-state index contributed by atoms with van der Waals surface area (Å²) in [5.74, 6) is 0. The van der Waals surface area contributed by atoms with E-state index in [2.05, 4.69) is 0 Å². The number of hydrogen-bond acceptors (Lipinski definition) is 6. The molecule has 208 valence electrons. The quantitative estimate of drug-likeness (QED) is 0.166. The van der Waals surface area contributed by atoms with Crippen LogP contribution in [0.2, 0.25) is 0 Å². The van der Waals surface area contributed by atoms with Crippen molar-refractivity contribution in [3.05, 3.63) is 144 Å². The summed E-state index contributed by atoms with van der Waals surface area (Å²) < 4.78 is 0. The van der Waals surface area contributed by atoms with Gasteiger partial charge in [-0.2, -0.15) is 0 Å². The molecule has 0 heterocycles. The van der Waals surface area contributed by atoms with Crippen LogP contribution in [-0.2, 0) is 30.5 Å². The van der Waals surface area contributed by atoms with E-state index in [1.807, 2.05) is 6.07 Å². The fourth-order valence-electron chi connectivity index (χ4n) is 5.45. The van der Waals surface area contributed by atoms with Crippen molar-refractivity contribution in [1.29, 1.82) is 0 Å². The molecule has 0 spiro atoms. The molecule has 0 aliphatic carbocycles. The summed E-state index contributed by atoms with van der Waals surface area (Å²) in [5, 5.41) is 60.1. The Morgan fingerprint density at radius 1 is 0.550 bits per heavy atom. The SMILES string of the molecule is O=C[C@](O)(Cc1ccccc1)[C@](O)(Cc1ccccc1)[C@@](O)(Cc1ccccc1)[C@H](O)C(O)Cc1ccccc1. The van der Waals surface area contributed by atoms with Crippen molar-refractivity contribution >= 4 is 6.29 Å². The molecule has 6 nitrogen and oxygen atoms in total. The Balaban J connectivity index is 1.87. The van der Waals surface area contributed by atoms with E-state index in [9.17, 15) is 30.3 Å². The molecule has 6 heteroatoms. The first-order valence-corrected chi connectivity index (χ1v) is 13.4. The summed E-state index contributed by atoms with van der Waals surface area (Å²) in [6.45, 7) is 0. The smallest absolute Gasteiger partial charge is 0.155 e. The van der Waals surface area contributed by atoms with Crippen LogP contribution in [0.5, 0.6) is 0 Å². The Morgan fingerprint density at radius 2 is 0.925 bits per heavy atom. The van der Waals surface area contributed by atoms with Gasteiger partial charge in [-0.25, -0.2) is 0 Å². The van der Waals surface area contributed by atoms with Gasteiger partial charge in [0.25, 0.3) is 0 Å². The third kappa shape index (κ3) is 6.22. The normalized spacial score (nSPS) is 17.5. The first kappa shape index (κ1) is 29.3. The highest BCUT2D eigenvalue weighted by molar-refractivity contribution is 5.67. The minimum atomic E-state index is -2.65. The van der Waals surface area contributed by atoms with Crippen LogP contribution in [0, 0.1) is 0 Å². The van der Waals surface area contributed by atoms with Gasteiger partial charge in [0.05, 0.1) is 6.10 Å². The lowest BCUT2D eigenvalue weighted by Crippen LogP contribution is -2.76. The van der Waals surface area contributed by atoms with E-state index in [1.54, 1.807) is 115 Å². The van der Waals surface area contributed by atoms with Gasteiger partial charge in [0, 0.05) is 25.7 Å². The first-order valence-electron chi connectivity index (χ1n) is 13.4. The average Bonchev–Trinajstić information content (AvgIpc) is 2.98. The van der Waals surface area contributed by atoms with Crippen molar-refractivity contribution < 1.29 is 30.3 Å². The molecular formula is C34H36O6. The summed E-state index contributed by atoms with van der Waals surface area (Å²) in [4.78, 5) is 12.8. The van der Waals surface area contributed by atoms with Gasteiger partial charge in [-0.05, 0) is 22.3 Å². The number of carbonyl (C=O) groups excluding carboxylic acids is 1. The maximum atomic E-state index is 12.8. The van der Waals surface area contributed by atoms with Crippen molar-refractivity contribution in [3.8, 4) is 0 Å². The Labute approximate surface area is 234 Å². The molecule has 0 bridgehead atoms. The van der Waals surface area contributed by atoms with Gasteiger partial charge in [0.15, 0.2) is 11.9 Å². The molecule has 4 aromatic carbocycles. The van der Waals surface area contributed by atoms with Crippen LogP contribution in [0.4, 0.5) is 0 Å². The number of aldehydes is 1. The monoisotopic (exact) mass is 540 g/mol. The van der Waals surface area contributed by atoms with Gasteiger partial charge in [0.2, 0.25) is 0 Å². The third-order valence-corrected chi connectivity index (χ3v) is 7.70. The minimum absolute atomic E-state index is 0.0290. The highest BCUT2D eigenvalue weighted by atomic mass is 16.4. The van der Waals surface area contributed by atoms with Crippen LogP contribution in [-0.4, -0.2) is 60.8 Å². The van der Waals surface area contributed by atoms with Gasteiger partial charge in [0.1, 0.15) is 17.3 Å². The van der Waals surface area contributed by atoms with E-state index in [4.69, 9.17) is 0 Å². The van der Waals surface area contributed by atoms with Crippen LogP contribution in [0.1, 0.15) is 22.3 Å². The second-order valence-electron chi connectivity index (χ2n) is 10.5. The lowest BCUT2D eigenvalue weighted by atomic mass is 9.61. The number of aliphatic hydroxyl groups is 5. The minimum Gasteiger partial charge on any atom is -0.390 e. The zero-order valence-electron chi connectivity index (χ0n) is 22.3. The number of aliphatic hydroxyl groups excluding tert-OH is 2. The maximum Gasteiger partial charge on any atom is 0.155 e. The van der Waals surface area contributed by atoms with Crippen LogP contribution in [0.15, 0.2) is 121 Å². The van der Waals surface area contributed by atoms with Crippen molar-refractivity contribution in [3.63, 3.8) is 0 Å². The van der Waals surface area contributed by atoms with Crippen molar-refractivity contribution in [2.24, 2.45) is 0 Å². The summed E-state index contributed by atoms with van der Waals surface area (Å²) in [5.41, 5.74) is -5.47. The highest BCUT2D eigenvalue weighted by Crippen LogP contribution is 2.43. The third-order valence-electron chi connectivity index (χ3n) is 7.70. The van der Waals surface area contributed by atoms with Crippen molar-refractivity contribution in [2.75, 3.05) is 0 Å². The Morgan fingerprint density at radius 3 is 1.35 bits per heavy atom. The number of benzene rings is 4. The van der Waals surface area contributed by atoms with Gasteiger partial charge in [-0.15, -0.1) is 0 Å². The lowest BCUT2D eigenvalue weighted by molar-refractivity contribution is -0.273. The Kier molecular flexibility index (Phi) is 9.30. The fourth-order valence-corrected chi connectivity index (χ4v) is 5.45. The highest BCUT2D eigenvalue weighted by Gasteiger charge is 2.65. The van der Waals surface area contributed by atoms with Gasteiger partial charge < -0.3 is 30.3 Å². The van der Waals surface area contributed by atoms with Crippen LogP contribution < -0.4 is 0 Å². The first-order chi connectivity index (χ1) is 19.2. The molecule has 5 N–H and O–H groups in total. The second kappa shape index (κ2) is 12.7. The topological polar surface area (TPSA) is 118 Å². The van der Waals surface area contributed by atoms with E-state index in [-0.39, 0.29) is 32.0 Å². The molecule has 0 amide bonds. The van der Waals surface area contributed by atoms with Crippen molar-refractivity contribution in [1.82, 2.24) is 0 Å². The summed E-state index contributed by atoms with van der Waals surface area (Å²) in [6.07, 6.45) is -4.36. The molecule has 1 unspecified atom stereocenters. The van der Waals surface area contributed by atoms with Crippen molar-refractivity contribution in [2.45, 2.75) is 54.7 Å². The Bertz CT molecular complexity index is 1330. The molecule has 0 aliphatic rings. The van der Waals surface area contributed by atoms with E-state index in [1.165, 1.54) is 0 Å².